The number of hydrogen-bond donors (Lipinski definition) is 0. The molecule has 8 heteroatoms. The van der Waals surface area contributed by atoms with Crippen LogP contribution in [0.3, 0.4) is 0 Å². The minimum absolute atomic E-state index is 0.00240. The molecule has 0 N–H and O–H groups in total. The van der Waals surface area contributed by atoms with E-state index < -0.39 is 0 Å². The molecular formula is C18H17ClN4O2S. The fourth-order valence-electron chi connectivity index (χ4n) is 3.15. The molecule has 1 fully saturated rings. The Balaban J connectivity index is 1.74. The van der Waals surface area contributed by atoms with Crippen molar-refractivity contribution in [3.8, 4) is 0 Å². The first-order chi connectivity index (χ1) is 12.5. The molecule has 0 spiro atoms. The van der Waals surface area contributed by atoms with E-state index in [-0.39, 0.29) is 11.5 Å². The Morgan fingerprint density at radius 3 is 2.73 bits per heavy atom. The standard InChI is InChI=1S/C18H17ClN4O2S/c1-11-15(17(25)22-8-4-5-9-22)26-18-20-16(24)14(21-23(11)18)10-12-6-2-3-7-13(12)19/h2-3,6-7H,4-5,8-10H2,1H3. The van der Waals surface area contributed by atoms with Gasteiger partial charge < -0.3 is 4.90 Å². The number of hydrogen-bond acceptors (Lipinski definition) is 5. The highest BCUT2D eigenvalue weighted by Gasteiger charge is 2.25. The predicted octanol–water partition coefficient (Wildman–Crippen LogP) is 2.94. The van der Waals surface area contributed by atoms with E-state index in [1.165, 1.54) is 11.3 Å². The van der Waals surface area contributed by atoms with Gasteiger partial charge in [0, 0.05) is 24.5 Å². The van der Waals surface area contributed by atoms with Crippen molar-refractivity contribution in [2.45, 2.75) is 26.2 Å². The number of likely N-dealkylation sites (tertiary alicyclic amines) is 1. The Morgan fingerprint density at radius 1 is 1.27 bits per heavy atom. The lowest BCUT2D eigenvalue weighted by atomic mass is 10.1. The molecule has 4 rings (SSSR count). The Morgan fingerprint density at radius 2 is 2.00 bits per heavy atom. The van der Waals surface area contributed by atoms with Crippen molar-refractivity contribution in [3.63, 3.8) is 0 Å². The highest BCUT2D eigenvalue weighted by Crippen LogP contribution is 2.24. The fourth-order valence-corrected chi connectivity index (χ4v) is 4.37. The Hall–Kier alpha value is -2.25. The molecular weight excluding hydrogens is 372 g/mol. The van der Waals surface area contributed by atoms with Crippen LogP contribution in [0.2, 0.25) is 5.02 Å². The van der Waals surface area contributed by atoms with Gasteiger partial charge in [-0.25, -0.2) is 4.52 Å². The molecule has 1 amide bonds. The molecule has 3 heterocycles. The Bertz CT molecular complexity index is 1050. The average Bonchev–Trinajstić information content (AvgIpc) is 3.26. The van der Waals surface area contributed by atoms with Gasteiger partial charge in [0.1, 0.15) is 10.6 Å². The van der Waals surface area contributed by atoms with Gasteiger partial charge in [-0.3, -0.25) is 9.59 Å². The number of carbonyl (C=O) groups is 1. The van der Waals surface area contributed by atoms with E-state index in [2.05, 4.69) is 10.1 Å². The second kappa shape index (κ2) is 6.81. The summed E-state index contributed by atoms with van der Waals surface area (Å²) in [5.41, 5.74) is 1.47. The third-order valence-corrected chi connectivity index (χ3v) is 6.08. The number of carbonyl (C=O) groups excluding carboxylic acids is 1. The van der Waals surface area contributed by atoms with Crippen LogP contribution in [0.1, 0.15) is 39.5 Å². The number of halogens is 1. The molecule has 1 aliphatic rings. The van der Waals surface area contributed by atoms with Gasteiger partial charge in [0.15, 0.2) is 0 Å². The fraction of sp³-hybridized carbons (Fsp3) is 0.333. The van der Waals surface area contributed by atoms with Gasteiger partial charge >= 0.3 is 0 Å². The van der Waals surface area contributed by atoms with Crippen molar-refractivity contribution < 1.29 is 4.79 Å². The second-order valence-electron chi connectivity index (χ2n) is 6.34. The SMILES string of the molecule is Cc1c(C(=O)N2CCCC2)sc2nc(=O)c(Cc3ccccc3Cl)nn12. The molecule has 134 valence electrons. The zero-order chi connectivity index (χ0) is 18.3. The predicted molar refractivity (Wildman–Crippen MR) is 101 cm³/mol. The maximum atomic E-state index is 12.7. The van der Waals surface area contributed by atoms with Gasteiger partial charge in [0.2, 0.25) is 4.96 Å². The van der Waals surface area contributed by atoms with Crippen molar-refractivity contribution in [2.24, 2.45) is 0 Å². The third-order valence-electron chi connectivity index (χ3n) is 4.59. The van der Waals surface area contributed by atoms with E-state index >= 15 is 0 Å². The van der Waals surface area contributed by atoms with Crippen LogP contribution in [0.4, 0.5) is 0 Å². The van der Waals surface area contributed by atoms with Crippen molar-refractivity contribution in [3.05, 3.63) is 61.5 Å². The summed E-state index contributed by atoms with van der Waals surface area (Å²) in [6.07, 6.45) is 2.37. The lowest BCUT2D eigenvalue weighted by Crippen LogP contribution is -2.27. The Labute approximate surface area is 159 Å². The van der Waals surface area contributed by atoms with Crippen LogP contribution in [0.15, 0.2) is 29.1 Å². The molecule has 1 saturated heterocycles. The molecule has 0 unspecified atom stereocenters. The number of rotatable bonds is 3. The number of thiazole rings is 1. The highest BCUT2D eigenvalue weighted by atomic mass is 35.5. The van der Waals surface area contributed by atoms with Crippen LogP contribution in [0, 0.1) is 6.92 Å². The molecule has 0 atom stereocenters. The van der Waals surface area contributed by atoms with Gasteiger partial charge in [-0.2, -0.15) is 10.1 Å². The molecule has 0 saturated carbocycles. The molecule has 6 nitrogen and oxygen atoms in total. The van der Waals surface area contributed by atoms with E-state index in [0.29, 0.717) is 27.0 Å². The smallest absolute Gasteiger partial charge is 0.296 e. The number of nitrogens with zero attached hydrogens (tertiary/aromatic N) is 4. The molecule has 1 aromatic carbocycles. The summed E-state index contributed by atoms with van der Waals surface area (Å²) in [5, 5.41) is 5.05. The summed E-state index contributed by atoms with van der Waals surface area (Å²) in [7, 11) is 0. The summed E-state index contributed by atoms with van der Waals surface area (Å²) in [6.45, 7) is 3.40. The Kier molecular flexibility index (Phi) is 4.50. The first-order valence-corrected chi connectivity index (χ1v) is 9.66. The molecule has 3 aromatic rings. The number of fused-ring (bicyclic) bond motifs is 1. The number of benzene rings is 1. The van der Waals surface area contributed by atoms with Gasteiger partial charge in [-0.1, -0.05) is 41.1 Å². The largest absolute Gasteiger partial charge is 0.338 e. The van der Waals surface area contributed by atoms with Crippen molar-refractivity contribution in [1.29, 1.82) is 0 Å². The molecule has 0 aliphatic carbocycles. The first kappa shape index (κ1) is 17.2. The number of amides is 1. The quantitative estimate of drug-likeness (QED) is 0.691. The van der Waals surface area contributed by atoms with Crippen LogP contribution < -0.4 is 5.56 Å². The molecule has 1 aliphatic heterocycles. The van der Waals surface area contributed by atoms with Gasteiger partial charge in [-0.05, 0) is 31.4 Å². The van der Waals surface area contributed by atoms with Crippen LogP contribution >= 0.6 is 22.9 Å². The van der Waals surface area contributed by atoms with Gasteiger partial charge in [-0.15, -0.1) is 0 Å². The summed E-state index contributed by atoms with van der Waals surface area (Å²) in [6, 6.07) is 7.35. The average molecular weight is 389 g/mol. The van der Waals surface area contributed by atoms with E-state index in [0.717, 1.165) is 37.2 Å². The topological polar surface area (TPSA) is 67.6 Å². The lowest BCUT2D eigenvalue weighted by Gasteiger charge is -2.13. The van der Waals surface area contributed by atoms with Crippen molar-refractivity contribution >= 4 is 33.8 Å². The summed E-state index contributed by atoms with van der Waals surface area (Å²) in [4.78, 5) is 32.1. The summed E-state index contributed by atoms with van der Waals surface area (Å²) >= 11 is 7.41. The minimum Gasteiger partial charge on any atom is -0.338 e. The molecule has 2 aromatic heterocycles. The van der Waals surface area contributed by atoms with Gasteiger partial charge in [0.25, 0.3) is 11.5 Å². The number of aryl methyl sites for hydroxylation is 1. The van der Waals surface area contributed by atoms with Crippen molar-refractivity contribution in [2.75, 3.05) is 13.1 Å². The highest BCUT2D eigenvalue weighted by molar-refractivity contribution is 7.19. The maximum absolute atomic E-state index is 12.7. The third kappa shape index (κ3) is 3.01. The monoisotopic (exact) mass is 388 g/mol. The van der Waals surface area contributed by atoms with Crippen LogP contribution in [-0.4, -0.2) is 38.5 Å². The summed E-state index contributed by atoms with van der Waals surface area (Å²) < 4.78 is 1.60. The zero-order valence-electron chi connectivity index (χ0n) is 14.2. The van der Waals surface area contributed by atoms with E-state index in [1.54, 1.807) is 10.6 Å². The van der Waals surface area contributed by atoms with Crippen LogP contribution in [0.25, 0.3) is 4.96 Å². The summed E-state index contributed by atoms with van der Waals surface area (Å²) in [5.74, 6) is -0.00240. The minimum atomic E-state index is -0.383. The second-order valence-corrected chi connectivity index (χ2v) is 7.73. The molecule has 0 bridgehead atoms. The first-order valence-electron chi connectivity index (χ1n) is 8.46. The molecule has 26 heavy (non-hydrogen) atoms. The molecule has 0 radical (unpaired) electrons. The lowest BCUT2D eigenvalue weighted by molar-refractivity contribution is 0.0796. The van der Waals surface area contributed by atoms with Crippen LogP contribution in [-0.2, 0) is 6.42 Å². The van der Waals surface area contributed by atoms with E-state index in [9.17, 15) is 9.59 Å². The van der Waals surface area contributed by atoms with Crippen LogP contribution in [0.5, 0.6) is 0 Å². The van der Waals surface area contributed by atoms with E-state index in [1.807, 2.05) is 30.0 Å². The van der Waals surface area contributed by atoms with E-state index in [4.69, 9.17) is 11.6 Å². The zero-order valence-corrected chi connectivity index (χ0v) is 15.8. The number of aromatic nitrogens is 3. The van der Waals surface area contributed by atoms with Crippen molar-refractivity contribution in [1.82, 2.24) is 19.5 Å². The maximum Gasteiger partial charge on any atom is 0.296 e. The van der Waals surface area contributed by atoms with Gasteiger partial charge in [0.05, 0.1) is 5.69 Å². The normalized spacial score (nSPS) is 14.3.